The van der Waals surface area contributed by atoms with E-state index in [9.17, 15) is 5.11 Å². The van der Waals surface area contributed by atoms with Gasteiger partial charge in [0.25, 0.3) is 0 Å². The van der Waals surface area contributed by atoms with E-state index in [-0.39, 0.29) is 5.75 Å². The lowest BCUT2D eigenvalue weighted by Gasteiger charge is -2.22. The molecular formula is C46H38N2O2. The quantitative estimate of drug-likeness (QED) is 0.186. The lowest BCUT2D eigenvalue weighted by atomic mass is 9.83. The first-order valence-corrected chi connectivity index (χ1v) is 17.3. The number of phenolic OH excluding ortho intramolecular Hbond substituents is 1. The van der Waals surface area contributed by atoms with Gasteiger partial charge in [-0.05, 0) is 111 Å². The first-order valence-electron chi connectivity index (χ1n) is 17.3. The van der Waals surface area contributed by atoms with Crippen LogP contribution in [0.2, 0.25) is 0 Å². The molecule has 4 heteroatoms. The van der Waals surface area contributed by atoms with Gasteiger partial charge in [0.15, 0.2) is 5.58 Å². The third kappa shape index (κ3) is 5.63. The fourth-order valence-electron chi connectivity index (χ4n) is 7.13. The minimum absolute atomic E-state index is 0.133. The Morgan fingerprint density at radius 1 is 0.520 bits per heavy atom. The Hall–Kier alpha value is -6.00. The topological polar surface area (TPSA) is 59.2 Å². The highest BCUT2D eigenvalue weighted by molar-refractivity contribution is 6.01. The summed E-state index contributed by atoms with van der Waals surface area (Å²) in [4.78, 5) is 9.91. The third-order valence-electron chi connectivity index (χ3n) is 9.58. The Labute approximate surface area is 292 Å². The van der Waals surface area contributed by atoms with Gasteiger partial charge in [0, 0.05) is 22.7 Å². The second-order valence-electron chi connectivity index (χ2n) is 13.6. The average molecular weight is 651 g/mol. The summed E-state index contributed by atoms with van der Waals surface area (Å²) in [7, 11) is 0. The number of aromatic hydroxyl groups is 1. The van der Waals surface area contributed by atoms with Crippen molar-refractivity contribution < 1.29 is 9.52 Å². The number of para-hydroxylation sites is 2. The standard InChI is InChI=1S/C46H38N2O2/c1-28(2)36-17-10-18-37(29(3)4)43(36)35-25-33(38-19-11-21-42-45(38)48-46(50-42)39-16-8-9-20-41(39)49)24-34(26-35)40-27-32(30-13-6-5-7-14-30)23-31-15-12-22-47-44(31)40/h5-29,49H,1-4H3. The van der Waals surface area contributed by atoms with Gasteiger partial charge in [-0.15, -0.1) is 0 Å². The number of aromatic nitrogens is 2. The van der Waals surface area contributed by atoms with Gasteiger partial charge < -0.3 is 9.52 Å². The molecule has 0 aliphatic carbocycles. The SMILES string of the molecule is CC(C)c1cccc(C(C)C)c1-c1cc(-c2cc(-c3ccccc3)cc3cccnc23)cc(-c2cccc3oc(-c4ccccc4O)nc23)c1. The van der Waals surface area contributed by atoms with Crippen molar-refractivity contribution in [2.45, 2.75) is 39.5 Å². The highest BCUT2D eigenvalue weighted by atomic mass is 16.3. The minimum Gasteiger partial charge on any atom is -0.507 e. The Morgan fingerprint density at radius 3 is 1.92 bits per heavy atom. The summed E-state index contributed by atoms with van der Waals surface area (Å²) < 4.78 is 6.27. The van der Waals surface area contributed by atoms with Crippen LogP contribution >= 0.6 is 0 Å². The predicted molar refractivity (Wildman–Crippen MR) is 206 cm³/mol. The van der Waals surface area contributed by atoms with E-state index in [1.807, 2.05) is 36.5 Å². The van der Waals surface area contributed by atoms with E-state index < -0.39 is 0 Å². The molecule has 8 rings (SSSR count). The van der Waals surface area contributed by atoms with Gasteiger partial charge in [0.05, 0.1) is 11.1 Å². The first kappa shape index (κ1) is 31.3. The Kier molecular flexibility index (Phi) is 8.00. The van der Waals surface area contributed by atoms with Crippen molar-refractivity contribution in [1.82, 2.24) is 9.97 Å². The monoisotopic (exact) mass is 650 g/mol. The zero-order chi connectivity index (χ0) is 34.4. The number of pyridine rings is 1. The lowest BCUT2D eigenvalue weighted by molar-refractivity contribution is 0.474. The number of hydrogen-bond acceptors (Lipinski definition) is 4. The molecule has 0 aliphatic heterocycles. The molecule has 0 spiro atoms. The maximum atomic E-state index is 10.6. The Bertz CT molecular complexity index is 2480. The molecule has 0 bridgehead atoms. The predicted octanol–water partition coefficient (Wildman–Crippen LogP) is 12.7. The molecule has 0 aliphatic rings. The van der Waals surface area contributed by atoms with Crippen LogP contribution < -0.4 is 0 Å². The molecule has 0 radical (unpaired) electrons. The normalized spacial score (nSPS) is 11.6. The van der Waals surface area contributed by atoms with E-state index in [0.29, 0.717) is 28.9 Å². The molecule has 8 aromatic rings. The molecule has 244 valence electrons. The second-order valence-corrected chi connectivity index (χ2v) is 13.6. The molecule has 0 saturated carbocycles. The summed E-state index contributed by atoms with van der Waals surface area (Å²) in [5, 5.41) is 11.7. The van der Waals surface area contributed by atoms with Gasteiger partial charge >= 0.3 is 0 Å². The fraction of sp³-hybridized carbons (Fsp3) is 0.130. The molecule has 2 aromatic heterocycles. The summed E-state index contributed by atoms with van der Waals surface area (Å²) >= 11 is 0. The summed E-state index contributed by atoms with van der Waals surface area (Å²) in [6.07, 6.45) is 1.88. The van der Waals surface area contributed by atoms with Crippen LogP contribution in [0.5, 0.6) is 5.75 Å². The van der Waals surface area contributed by atoms with Gasteiger partial charge in [-0.3, -0.25) is 4.98 Å². The summed E-state index contributed by atoms with van der Waals surface area (Å²) in [6, 6.07) is 46.0. The van der Waals surface area contributed by atoms with Crippen molar-refractivity contribution in [3.63, 3.8) is 0 Å². The number of oxazole rings is 1. The van der Waals surface area contributed by atoms with E-state index >= 15 is 0 Å². The highest BCUT2D eigenvalue weighted by Crippen LogP contribution is 2.43. The van der Waals surface area contributed by atoms with Gasteiger partial charge in [0.1, 0.15) is 11.3 Å². The van der Waals surface area contributed by atoms with Crippen LogP contribution in [0, 0.1) is 0 Å². The largest absolute Gasteiger partial charge is 0.507 e. The molecular weight excluding hydrogens is 613 g/mol. The molecule has 0 saturated heterocycles. The molecule has 0 fully saturated rings. The third-order valence-corrected chi connectivity index (χ3v) is 9.58. The van der Waals surface area contributed by atoms with E-state index in [0.717, 1.165) is 55.4 Å². The lowest BCUT2D eigenvalue weighted by Crippen LogP contribution is -2.00. The van der Waals surface area contributed by atoms with Crippen LogP contribution in [0.3, 0.4) is 0 Å². The van der Waals surface area contributed by atoms with E-state index in [4.69, 9.17) is 14.4 Å². The number of nitrogens with zero attached hydrogens (tertiary/aromatic N) is 2. The van der Waals surface area contributed by atoms with Crippen LogP contribution in [-0.4, -0.2) is 15.1 Å². The molecule has 1 N–H and O–H groups in total. The maximum Gasteiger partial charge on any atom is 0.231 e. The zero-order valence-electron chi connectivity index (χ0n) is 28.7. The van der Waals surface area contributed by atoms with Gasteiger partial charge in [-0.1, -0.05) is 107 Å². The molecule has 4 nitrogen and oxygen atoms in total. The van der Waals surface area contributed by atoms with Crippen LogP contribution in [-0.2, 0) is 0 Å². The van der Waals surface area contributed by atoms with Crippen molar-refractivity contribution in [3.8, 4) is 61.7 Å². The van der Waals surface area contributed by atoms with Crippen molar-refractivity contribution in [1.29, 1.82) is 0 Å². The maximum absolute atomic E-state index is 10.6. The van der Waals surface area contributed by atoms with E-state index in [1.54, 1.807) is 12.1 Å². The van der Waals surface area contributed by atoms with Crippen LogP contribution in [0.15, 0.2) is 144 Å². The molecule has 2 heterocycles. The summed E-state index contributed by atoms with van der Waals surface area (Å²) in [5.74, 6) is 1.19. The number of fused-ring (bicyclic) bond motifs is 2. The summed E-state index contributed by atoms with van der Waals surface area (Å²) in [6.45, 7) is 9.08. The molecule has 0 unspecified atom stereocenters. The van der Waals surface area contributed by atoms with Crippen molar-refractivity contribution in [3.05, 3.63) is 151 Å². The number of phenols is 1. The Balaban J connectivity index is 1.44. The van der Waals surface area contributed by atoms with E-state index in [2.05, 4.69) is 119 Å². The minimum atomic E-state index is 0.133. The summed E-state index contributed by atoms with van der Waals surface area (Å²) in [5.41, 5.74) is 14.4. The smallest absolute Gasteiger partial charge is 0.231 e. The molecule has 6 aromatic carbocycles. The van der Waals surface area contributed by atoms with Crippen LogP contribution in [0.1, 0.15) is 50.7 Å². The average Bonchev–Trinajstić information content (AvgIpc) is 3.59. The van der Waals surface area contributed by atoms with Crippen molar-refractivity contribution in [2.75, 3.05) is 0 Å². The highest BCUT2D eigenvalue weighted by Gasteiger charge is 2.21. The van der Waals surface area contributed by atoms with Crippen LogP contribution in [0.25, 0.3) is 78.0 Å². The number of hydrogen-bond donors (Lipinski definition) is 1. The first-order chi connectivity index (χ1) is 24.4. The second kappa shape index (κ2) is 12.8. The van der Waals surface area contributed by atoms with E-state index in [1.165, 1.54) is 16.7 Å². The zero-order valence-corrected chi connectivity index (χ0v) is 28.7. The Morgan fingerprint density at radius 2 is 1.18 bits per heavy atom. The number of rotatable bonds is 7. The molecule has 0 atom stereocenters. The van der Waals surface area contributed by atoms with Gasteiger partial charge in [-0.2, -0.15) is 0 Å². The molecule has 0 amide bonds. The van der Waals surface area contributed by atoms with Crippen molar-refractivity contribution >= 4 is 22.0 Å². The number of benzene rings is 6. The van der Waals surface area contributed by atoms with Gasteiger partial charge in [0.2, 0.25) is 5.89 Å². The fourth-order valence-corrected chi connectivity index (χ4v) is 7.13. The molecule has 50 heavy (non-hydrogen) atoms. The van der Waals surface area contributed by atoms with Gasteiger partial charge in [-0.25, -0.2) is 4.98 Å². The van der Waals surface area contributed by atoms with Crippen molar-refractivity contribution in [2.24, 2.45) is 0 Å². The van der Waals surface area contributed by atoms with Crippen LogP contribution in [0.4, 0.5) is 0 Å².